The molecule has 0 radical (unpaired) electrons. The molecule has 0 bridgehead atoms. The molecule has 106 valence electrons. The van der Waals surface area contributed by atoms with Crippen molar-refractivity contribution >= 4 is 22.8 Å². The van der Waals surface area contributed by atoms with Gasteiger partial charge in [0.2, 0.25) is 0 Å². The Hall–Kier alpha value is -0.510. The minimum atomic E-state index is -0.118. The Morgan fingerprint density at radius 2 is 1.56 bits per heavy atom. The summed E-state index contributed by atoms with van der Waals surface area (Å²) < 4.78 is 5.08. The molecule has 0 N–H and O–H groups in total. The lowest BCUT2D eigenvalue weighted by molar-refractivity contribution is -0.147. The molecule has 0 heterocycles. The standard InChI is InChI=1S/C14H26O3S/c1-11(2)13(15)17-9-7-5-6-8-10-18-14(16)12(3)4/h11-12H,5-10H2,1-4H3. The zero-order valence-corrected chi connectivity index (χ0v) is 12.8. The Balaban J connectivity index is 3.27. The van der Waals surface area contributed by atoms with E-state index in [0.29, 0.717) is 6.61 Å². The average Bonchev–Trinajstić information content (AvgIpc) is 2.31. The Morgan fingerprint density at radius 3 is 2.11 bits per heavy atom. The molecular formula is C14H26O3S. The van der Waals surface area contributed by atoms with Crippen molar-refractivity contribution in [2.45, 2.75) is 53.4 Å². The summed E-state index contributed by atoms with van der Waals surface area (Å²) in [6.07, 6.45) is 4.13. The number of ether oxygens (including phenoxy) is 1. The molecular weight excluding hydrogens is 248 g/mol. The van der Waals surface area contributed by atoms with Crippen LogP contribution in [0.2, 0.25) is 0 Å². The smallest absolute Gasteiger partial charge is 0.308 e. The van der Waals surface area contributed by atoms with E-state index >= 15 is 0 Å². The van der Waals surface area contributed by atoms with Crippen LogP contribution in [0.25, 0.3) is 0 Å². The fourth-order valence-corrected chi connectivity index (χ4v) is 2.12. The molecule has 0 saturated heterocycles. The number of thioether (sulfide) groups is 1. The molecule has 4 heteroatoms. The van der Waals surface area contributed by atoms with Crippen LogP contribution in [0, 0.1) is 11.8 Å². The second-order valence-electron chi connectivity index (χ2n) is 5.06. The molecule has 0 saturated carbocycles. The second kappa shape index (κ2) is 10.4. The predicted octanol–water partition coefficient (Wildman–Crippen LogP) is 3.66. The van der Waals surface area contributed by atoms with Crippen LogP contribution in [0.4, 0.5) is 0 Å². The van der Waals surface area contributed by atoms with E-state index in [9.17, 15) is 9.59 Å². The van der Waals surface area contributed by atoms with Crippen LogP contribution in [-0.4, -0.2) is 23.4 Å². The summed E-state index contributed by atoms with van der Waals surface area (Å²) in [5, 5.41) is 0.279. The maximum absolute atomic E-state index is 11.3. The number of carbonyl (C=O) groups excluding carboxylic acids is 2. The van der Waals surface area contributed by atoms with E-state index < -0.39 is 0 Å². The molecule has 0 aliphatic rings. The lowest BCUT2D eigenvalue weighted by Gasteiger charge is -2.07. The molecule has 0 unspecified atom stereocenters. The lowest BCUT2D eigenvalue weighted by Crippen LogP contribution is -2.12. The Morgan fingerprint density at radius 1 is 0.944 bits per heavy atom. The molecule has 18 heavy (non-hydrogen) atoms. The predicted molar refractivity (Wildman–Crippen MR) is 76.6 cm³/mol. The van der Waals surface area contributed by atoms with E-state index in [2.05, 4.69) is 0 Å². The molecule has 0 aromatic heterocycles. The quantitative estimate of drug-likeness (QED) is 0.475. The van der Waals surface area contributed by atoms with E-state index in [1.807, 2.05) is 27.7 Å². The van der Waals surface area contributed by atoms with Crippen LogP contribution in [0.3, 0.4) is 0 Å². The number of hydrogen-bond donors (Lipinski definition) is 0. The average molecular weight is 274 g/mol. The van der Waals surface area contributed by atoms with E-state index in [1.165, 1.54) is 11.8 Å². The first-order chi connectivity index (χ1) is 8.45. The van der Waals surface area contributed by atoms with Gasteiger partial charge >= 0.3 is 5.97 Å². The maximum atomic E-state index is 11.3. The van der Waals surface area contributed by atoms with Gasteiger partial charge in [0, 0.05) is 11.7 Å². The molecule has 0 aromatic rings. The second-order valence-corrected chi connectivity index (χ2v) is 6.16. The molecule has 0 rings (SSSR count). The van der Waals surface area contributed by atoms with Gasteiger partial charge < -0.3 is 4.74 Å². The van der Waals surface area contributed by atoms with Crippen molar-refractivity contribution in [3.63, 3.8) is 0 Å². The van der Waals surface area contributed by atoms with Gasteiger partial charge in [0.25, 0.3) is 0 Å². The zero-order chi connectivity index (χ0) is 14.0. The SMILES string of the molecule is CC(C)C(=O)OCCCCCCSC(=O)C(C)C. The van der Waals surface area contributed by atoms with Crippen LogP contribution in [0.1, 0.15) is 53.4 Å². The highest BCUT2D eigenvalue weighted by Gasteiger charge is 2.08. The van der Waals surface area contributed by atoms with Crippen LogP contribution in [0.5, 0.6) is 0 Å². The fraction of sp³-hybridized carbons (Fsp3) is 0.857. The van der Waals surface area contributed by atoms with Crippen molar-refractivity contribution in [2.75, 3.05) is 12.4 Å². The van der Waals surface area contributed by atoms with Gasteiger partial charge in [-0.1, -0.05) is 52.3 Å². The van der Waals surface area contributed by atoms with Gasteiger partial charge in [-0.05, 0) is 12.8 Å². The molecule has 0 atom stereocenters. The van der Waals surface area contributed by atoms with Crippen LogP contribution in [-0.2, 0) is 14.3 Å². The number of carbonyl (C=O) groups is 2. The van der Waals surface area contributed by atoms with Crippen LogP contribution >= 0.6 is 11.8 Å². The Labute approximate surface area is 115 Å². The number of unbranched alkanes of at least 4 members (excludes halogenated alkanes) is 3. The van der Waals surface area contributed by atoms with Gasteiger partial charge in [0.05, 0.1) is 12.5 Å². The summed E-state index contributed by atoms with van der Waals surface area (Å²) in [6.45, 7) is 8.06. The van der Waals surface area contributed by atoms with Gasteiger partial charge in [-0.2, -0.15) is 0 Å². The van der Waals surface area contributed by atoms with Gasteiger partial charge in [-0.25, -0.2) is 0 Å². The first-order valence-electron chi connectivity index (χ1n) is 6.78. The number of hydrogen-bond acceptors (Lipinski definition) is 4. The van der Waals surface area contributed by atoms with Crippen LogP contribution in [0.15, 0.2) is 0 Å². The van der Waals surface area contributed by atoms with Crippen molar-refractivity contribution in [1.29, 1.82) is 0 Å². The lowest BCUT2D eigenvalue weighted by atomic mass is 10.2. The highest BCUT2D eigenvalue weighted by molar-refractivity contribution is 8.13. The summed E-state index contributed by atoms with van der Waals surface area (Å²) in [7, 11) is 0. The molecule has 0 aliphatic heterocycles. The maximum Gasteiger partial charge on any atom is 0.308 e. The van der Waals surface area contributed by atoms with Crippen molar-refractivity contribution < 1.29 is 14.3 Å². The van der Waals surface area contributed by atoms with E-state index in [4.69, 9.17) is 4.74 Å². The largest absolute Gasteiger partial charge is 0.465 e. The minimum absolute atomic E-state index is 0.0385. The first kappa shape index (κ1) is 17.5. The van der Waals surface area contributed by atoms with E-state index in [1.54, 1.807) is 0 Å². The van der Waals surface area contributed by atoms with Crippen molar-refractivity contribution in [2.24, 2.45) is 11.8 Å². The first-order valence-corrected chi connectivity index (χ1v) is 7.77. The van der Waals surface area contributed by atoms with Crippen molar-refractivity contribution in [3.8, 4) is 0 Å². The molecule has 0 fully saturated rings. The molecule has 3 nitrogen and oxygen atoms in total. The van der Waals surface area contributed by atoms with Crippen molar-refractivity contribution in [1.82, 2.24) is 0 Å². The van der Waals surface area contributed by atoms with E-state index in [0.717, 1.165) is 31.4 Å². The van der Waals surface area contributed by atoms with E-state index in [-0.39, 0.29) is 22.9 Å². The number of esters is 1. The summed E-state index contributed by atoms with van der Waals surface area (Å²) in [4.78, 5) is 22.5. The van der Waals surface area contributed by atoms with Gasteiger partial charge in [0.15, 0.2) is 5.12 Å². The third-order valence-corrected chi connectivity index (χ3v) is 3.72. The summed E-state index contributed by atoms with van der Waals surface area (Å²) in [5.74, 6) is 0.880. The summed E-state index contributed by atoms with van der Waals surface area (Å²) in [6, 6.07) is 0. The minimum Gasteiger partial charge on any atom is -0.465 e. The Kier molecular flexibility index (Phi) is 10.1. The number of rotatable bonds is 9. The van der Waals surface area contributed by atoms with Gasteiger partial charge in [-0.15, -0.1) is 0 Å². The van der Waals surface area contributed by atoms with Gasteiger partial charge in [-0.3, -0.25) is 9.59 Å². The van der Waals surface area contributed by atoms with Crippen molar-refractivity contribution in [3.05, 3.63) is 0 Å². The highest BCUT2D eigenvalue weighted by atomic mass is 32.2. The topological polar surface area (TPSA) is 43.4 Å². The molecule has 0 spiro atoms. The zero-order valence-electron chi connectivity index (χ0n) is 12.0. The summed E-state index contributed by atoms with van der Waals surface area (Å²) in [5.41, 5.74) is 0. The third kappa shape index (κ3) is 9.51. The third-order valence-electron chi connectivity index (χ3n) is 2.47. The molecule has 0 aromatic carbocycles. The highest BCUT2D eigenvalue weighted by Crippen LogP contribution is 2.13. The van der Waals surface area contributed by atoms with Gasteiger partial charge in [0.1, 0.15) is 0 Å². The molecule has 0 amide bonds. The molecule has 0 aliphatic carbocycles. The fourth-order valence-electron chi connectivity index (χ4n) is 1.24. The monoisotopic (exact) mass is 274 g/mol. The Bertz CT molecular complexity index is 223. The summed E-state index contributed by atoms with van der Waals surface area (Å²) >= 11 is 1.43. The normalized spacial score (nSPS) is 11.0. The van der Waals surface area contributed by atoms with Crippen LogP contribution < -0.4 is 0 Å².